The molecule has 1 unspecified atom stereocenters. The number of fused-ring (bicyclic) bond motifs is 5. The number of hydrogen-bond acceptors (Lipinski definition) is 3. The number of alkyl halides is 3. The fourth-order valence-corrected chi connectivity index (χ4v) is 9.32. The van der Waals surface area contributed by atoms with Gasteiger partial charge in [0.2, 0.25) is 0 Å². The van der Waals surface area contributed by atoms with Crippen LogP contribution in [0, 0.1) is 46.3 Å². The molecular formula is C27H43F3O3. The number of carbonyl (C=O) groups excluding carboxylic acids is 1. The van der Waals surface area contributed by atoms with E-state index in [-0.39, 0.29) is 29.8 Å². The molecule has 1 N–H and O–H groups in total. The third-order valence-corrected chi connectivity index (χ3v) is 11.0. The van der Waals surface area contributed by atoms with Crippen LogP contribution < -0.4 is 0 Å². The zero-order chi connectivity index (χ0) is 24.2. The Morgan fingerprint density at radius 1 is 1.00 bits per heavy atom. The molecule has 0 aromatic carbocycles. The Balaban J connectivity index is 1.42. The van der Waals surface area contributed by atoms with Crippen molar-refractivity contribution in [3.63, 3.8) is 0 Å². The number of halogens is 3. The maximum Gasteiger partial charge on any atom is 0.414 e. The van der Waals surface area contributed by atoms with E-state index in [1.165, 1.54) is 39.0 Å². The van der Waals surface area contributed by atoms with E-state index in [4.69, 9.17) is 4.74 Å². The Labute approximate surface area is 197 Å². The van der Waals surface area contributed by atoms with E-state index in [1.54, 1.807) is 0 Å². The fraction of sp³-hybridized carbons (Fsp3) is 0.963. The van der Waals surface area contributed by atoms with Crippen molar-refractivity contribution in [3.8, 4) is 0 Å². The lowest BCUT2D eigenvalue weighted by Crippen LogP contribution is -2.54. The number of aliphatic hydroxyl groups excluding tert-OH is 1. The van der Waals surface area contributed by atoms with Gasteiger partial charge in [0.15, 0.2) is 0 Å². The van der Waals surface area contributed by atoms with Crippen molar-refractivity contribution in [2.24, 2.45) is 46.3 Å². The van der Waals surface area contributed by atoms with E-state index in [0.717, 1.165) is 25.7 Å². The first kappa shape index (κ1) is 25.3. The molecular weight excluding hydrogens is 429 g/mol. The van der Waals surface area contributed by atoms with Gasteiger partial charge in [-0.1, -0.05) is 20.8 Å². The van der Waals surface area contributed by atoms with E-state index in [9.17, 15) is 23.1 Å². The molecule has 190 valence electrons. The summed E-state index contributed by atoms with van der Waals surface area (Å²) in [5.74, 6) is 3.22. The van der Waals surface area contributed by atoms with Crippen LogP contribution in [0.1, 0.15) is 98.3 Å². The van der Waals surface area contributed by atoms with Crippen LogP contribution >= 0.6 is 0 Å². The summed E-state index contributed by atoms with van der Waals surface area (Å²) in [6.07, 6.45) is 3.89. The molecule has 0 amide bonds. The molecule has 10 atom stereocenters. The molecule has 4 aliphatic carbocycles. The lowest BCUT2D eigenvalue weighted by Gasteiger charge is -2.61. The van der Waals surface area contributed by atoms with E-state index >= 15 is 0 Å². The quantitative estimate of drug-likeness (QED) is 0.442. The molecule has 4 saturated carbocycles. The molecule has 0 aromatic heterocycles. The summed E-state index contributed by atoms with van der Waals surface area (Å²) in [7, 11) is 0. The van der Waals surface area contributed by atoms with Gasteiger partial charge in [0.05, 0.1) is 0 Å². The molecule has 33 heavy (non-hydrogen) atoms. The van der Waals surface area contributed by atoms with Crippen LogP contribution in [0.2, 0.25) is 0 Å². The van der Waals surface area contributed by atoms with Gasteiger partial charge in [-0.2, -0.15) is 13.2 Å². The van der Waals surface area contributed by atoms with Crippen molar-refractivity contribution in [2.45, 2.75) is 117 Å². The maximum absolute atomic E-state index is 12.8. The van der Waals surface area contributed by atoms with Crippen molar-refractivity contribution in [3.05, 3.63) is 0 Å². The molecule has 6 heteroatoms. The smallest absolute Gasteiger partial charge is 0.414 e. The number of rotatable bonds is 5. The van der Waals surface area contributed by atoms with Gasteiger partial charge in [-0.15, -0.1) is 0 Å². The molecule has 0 radical (unpaired) electrons. The normalized spacial score (nSPS) is 44.8. The van der Waals surface area contributed by atoms with Crippen LogP contribution in [-0.2, 0) is 9.53 Å². The van der Waals surface area contributed by atoms with Gasteiger partial charge >= 0.3 is 12.1 Å². The van der Waals surface area contributed by atoms with Crippen molar-refractivity contribution >= 4 is 5.97 Å². The van der Waals surface area contributed by atoms with Gasteiger partial charge in [-0.05, 0) is 117 Å². The second-order valence-electron chi connectivity index (χ2n) is 12.5. The fourth-order valence-electron chi connectivity index (χ4n) is 9.32. The third-order valence-electron chi connectivity index (χ3n) is 11.0. The monoisotopic (exact) mass is 472 g/mol. The van der Waals surface area contributed by atoms with Crippen molar-refractivity contribution in [1.82, 2.24) is 0 Å². The predicted molar refractivity (Wildman–Crippen MR) is 121 cm³/mol. The summed E-state index contributed by atoms with van der Waals surface area (Å²) in [4.78, 5) is 11.5. The molecule has 4 aliphatic rings. The number of esters is 1. The van der Waals surface area contributed by atoms with Gasteiger partial charge in [-0.3, -0.25) is 4.79 Å². The minimum atomic E-state index is -4.51. The first-order chi connectivity index (χ1) is 15.4. The lowest BCUT2D eigenvalue weighted by molar-refractivity contribution is -0.206. The Morgan fingerprint density at radius 2 is 1.67 bits per heavy atom. The van der Waals surface area contributed by atoms with Crippen molar-refractivity contribution in [1.29, 1.82) is 0 Å². The number of ether oxygens (including phenoxy) is 1. The molecule has 0 aromatic rings. The maximum atomic E-state index is 12.8. The Bertz CT molecular complexity index is 724. The van der Waals surface area contributed by atoms with Crippen LogP contribution in [0.4, 0.5) is 13.2 Å². The Kier molecular flexibility index (Phi) is 6.92. The molecule has 0 heterocycles. The highest BCUT2D eigenvalue weighted by molar-refractivity contribution is 5.66. The van der Waals surface area contributed by atoms with Gasteiger partial charge in [0, 0.05) is 6.92 Å². The molecule has 4 fully saturated rings. The van der Waals surface area contributed by atoms with E-state index in [0.29, 0.717) is 41.4 Å². The molecule has 0 bridgehead atoms. The van der Waals surface area contributed by atoms with Gasteiger partial charge in [0.25, 0.3) is 0 Å². The highest BCUT2D eigenvalue weighted by Gasteiger charge is 2.60. The average molecular weight is 473 g/mol. The zero-order valence-corrected chi connectivity index (χ0v) is 20.8. The number of carbonyl (C=O) groups is 1. The minimum Gasteiger partial charge on any atom is -0.463 e. The average Bonchev–Trinajstić information content (AvgIpc) is 3.08. The van der Waals surface area contributed by atoms with Crippen LogP contribution in [-0.4, -0.2) is 29.5 Å². The van der Waals surface area contributed by atoms with Crippen molar-refractivity contribution < 1.29 is 27.8 Å². The summed E-state index contributed by atoms with van der Waals surface area (Å²) in [6, 6.07) is 0. The first-order valence-electron chi connectivity index (χ1n) is 13.3. The third kappa shape index (κ3) is 4.59. The topological polar surface area (TPSA) is 46.5 Å². The highest BCUT2D eigenvalue weighted by Crippen LogP contribution is 2.68. The summed E-state index contributed by atoms with van der Waals surface area (Å²) >= 11 is 0. The van der Waals surface area contributed by atoms with Crippen LogP contribution in [0.15, 0.2) is 0 Å². The summed E-state index contributed by atoms with van der Waals surface area (Å²) in [5, 5.41) is 9.48. The van der Waals surface area contributed by atoms with Crippen LogP contribution in [0.5, 0.6) is 0 Å². The summed E-state index contributed by atoms with van der Waals surface area (Å²) in [6.45, 7) is 8.54. The largest absolute Gasteiger partial charge is 0.463 e. The second-order valence-corrected chi connectivity index (χ2v) is 12.5. The second kappa shape index (κ2) is 9.02. The van der Waals surface area contributed by atoms with Crippen LogP contribution in [0.3, 0.4) is 0 Å². The van der Waals surface area contributed by atoms with Crippen molar-refractivity contribution in [2.75, 3.05) is 0 Å². The van der Waals surface area contributed by atoms with Gasteiger partial charge < -0.3 is 9.84 Å². The van der Waals surface area contributed by atoms with E-state index in [1.807, 2.05) is 0 Å². The molecule has 3 nitrogen and oxygen atoms in total. The molecule has 0 saturated heterocycles. The zero-order valence-electron chi connectivity index (χ0n) is 20.8. The van der Waals surface area contributed by atoms with E-state index in [2.05, 4.69) is 20.8 Å². The Hall–Kier alpha value is -0.780. The molecule has 0 spiro atoms. The number of hydrogen-bond donors (Lipinski definition) is 1. The summed E-state index contributed by atoms with van der Waals surface area (Å²) < 4.78 is 44.0. The predicted octanol–water partition coefficient (Wildman–Crippen LogP) is 6.92. The lowest BCUT2D eigenvalue weighted by atomic mass is 9.44. The highest BCUT2D eigenvalue weighted by atomic mass is 19.4. The SMILES string of the molecule is CC(=O)O[C@H]1CC[C@@]2(C)[C@H](CC[C@@H]3[C@@H]2CC[C@]2(C)[C@@H]([C@H](C)CCC(O)C(F)(F)F)CC[C@@H]32)C1. The minimum absolute atomic E-state index is 0.0785. The van der Waals surface area contributed by atoms with E-state index < -0.39 is 12.3 Å². The molecule has 0 aliphatic heterocycles. The Morgan fingerprint density at radius 3 is 2.33 bits per heavy atom. The van der Waals surface area contributed by atoms with Crippen LogP contribution in [0.25, 0.3) is 0 Å². The first-order valence-corrected chi connectivity index (χ1v) is 13.3. The standard InChI is InChI=1S/C27H43F3O3/c1-16(5-10-24(32)27(28,29)30)21-8-9-22-20-7-6-18-15-19(33-17(2)31)11-13-25(18,3)23(20)12-14-26(21,22)4/h16,18-24,32H,5-15H2,1-4H3/t16-,18-,19+,20+,21-,22+,23+,24?,25+,26-/m1/s1. The van der Waals surface area contributed by atoms with Gasteiger partial charge in [-0.25, -0.2) is 0 Å². The van der Waals surface area contributed by atoms with Gasteiger partial charge in [0.1, 0.15) is 12.2 Å². The number of aliphatic hydroxyl groups is 1. The summed E-state index contributed by atoms with van der Waals surface area (Å²) in [5.41, 5.74) is 0.531. The molecule has 4 rings (SSSR count).